The molecule has 2 heterocycles. The van der Waals surface area contributed by atoms with Gasteiger partial charge in [-0.1, -0.05) is 20.8 Å². The average molecular weight is 314 g/mol. The molecule has 0 aliphatic carbocycles. The van der Waals surface area contributed by atoms with Crippen LogP contribution < -0.4 is 4.74 Å². The molecule has 124 valence electrons. The molecule has 1 aliphatic heterocycles. The normalized spacial score (nSPS) is 19.1. The number of methoxy groups -OCH3 is 1. The van der Waals surface area contributed by atoms with Crippen LogP contribution in [0.1, 0.15) is 45.2 Å². The Morgan fingerprint density at radius 3 is 2.78 bits per heavy atom. The van der Waals surface area contributed by atoms with E-state index < -0.39 is 0 Å². The predicted molar refractivity (Wildman–Crippen MR) is 92.9 cm³/mol. The number of hydrogen-bond acceptors (Lipinski definition) is 2. The first-order chi connectivity index (χ1) is 10.9. The number of aromatic nitrogens is 1. The first-order valence-electron chi connectivity index (χ1n) is 8.34. The van der Waals surface area contributed by atoms with E-state index in [1.165, 1.54) is 11.1 Å². The molecule has 4 nitrogen and oxygen atoms in total. The van der Waals surface area contributed by atoms with Crippen molar-refractivity contribution in [1.82, 2.24) is 9.88 Å². The lowest BCUT2D eigenvalue weighted by Gasteiger charge is -2.36. The summed E-state index contributed by atoms with van der Waals surface area (Å²) in [4.78, 5) is 18.1. The molecule has 4 heteroatoms. The minimum absolute atomic E-state index is 0.250. The van der Waals surface area contributed by atoms with Crippen LogP contribution in [0.5, 0.6) is 5.75 Å². The Balaban J connectivity index is 1.82. The number of H-pyrrole nitrogens is 1. The Labute approximate surface area is 137 Å². The maximum Gasteiger partial charge on any atom is 0.227 e. The van der Waals surface area contributed by atoms with Crippen LogP contribution in [0, 0.1) is 5.41 Å². The van der Waals surface area contributed by atoms with Gasteiger partial charge in [0, 0.05) is 41.0 Å². The molecule has 0 bridgehead atoms. The number of likely N-dealkylation sites (tertiary alicyclic amines) is 1. The largest absolute Gasteiger partial charge is 0.497 e. The summed E-state index contributed by atoms with van der Waals surface area (Å²) >= 11 is 0. The van der Waals surface area contributed by atoms with Crippen molar-refractivity contribution in [3.05, 3.63) is 30.0 Å². The monoisotopic (exact) mass is 314 g/mol. The SMILES string of the molecule is COc1ccc2[nH]c(C3CCCN(C(=O)C(C)(C)C)C3)cc2c1. The summed E-state index contributed by atoms with van der Waals surface area (Å²) in [6.45, 7) is 7.66. The van der Waals surface area contributed by atoms with E-state index in [-0.39, 0.29) is 11.3 Å². The molecule has 1 aromatic carbocycles. The van der Waals surface area contributed by atoms with E-state index >= 15 is 0 Å². The molecule has 0 saturated carbocycles. The number of ether oxygens (including phenoxy) is 1. The third-order valence-electron chi connectivity index (χ3n) is 4.64. The number of fused-ring (bicyclic) bond motifs is 1. The smallest absolute Gasteiger partial charge is 0.227 e. The second kappa shape index (κ2) is 5.91. The highest BCUT2D eigenvalue weighted by Gasteiger charge is 2.31. The number of hydrogen-bond donors (Lipinski definition) is 1. The molecule has 1 saturated heterocycles. The van der Waals surface area contributed by atoms with Crippen molar-refractivity contribution in [3.8, 4) is 5.75 Å². The van der Waals surface area contributed by atoms with Gasteiger partial charge in [-0.05, 0) is 37.1 Å². The highest BCUT2D eigenvalue weighted by atomic mass is 16.5. The van der Waals surface area contributed by atoms with E-state index in [9.17, 15) is 4.79 Å². The van der Waals surface area contributed by atoms with E-state index in [0.717, 1.165) is 37.2 Å². The number of nitrogens with one attached hydrogen (secondary N) is 1. The van der Waals surface area contributed by atoms with Gasteiger partial charge in [-0.15, -0.1) is 0 Å². The zero-order valence-corrected chi connectivity index (χ0v) is 14.5. The number of nitrogens with zero attached hydrogens (tertiary/aromatic N) is 1. The fraction of sp³-hybridized carbons (Fsp3) is 0.526. The van der Waals surface area contributed by atoms with E-state index in [1.807, 2.05) is 31.7 Å². The second-order valence-electron chi connectivity index (χ2n) is 7.52. The maximum atomic E-state index is 12.6. The van der Waals surface area contributed by atoms with Crippen LogP contribution >= 0.6 is 0 Å². The van der Waals surface area contributed by atoms with Crippen molar-refractivity contribution in [1.29, 1.82) is 0 Å². The quantitative estimate of drug-likeness (QED) is 0.913. The number of carbonyl (C=O) groups is 1. The van der Waals surface area contributed by atoms with E-state index in [0.29, 0.717) is 5.92 Å². The standard InChI is InChI=1S/C19H26N2O2/c1-19(2,3)18(22)21-9-5-6-13(12-21)17-11-14-10-15(23-4)7-8-16(14)20-17/h7-8,10-11,13,20H,5-6,9,12H2,1-4H3. The van der Waals surface area contributed by atoms with Crippen LogP contribution in [0.15, 0.2) is 24.3 Å². The highest BCUT2D eigenvalue weighted by molar-refractivity contribution is 5.83. The number of rotatable bonds is 2. The molecule has 23 heavy (non-hydrogen) atoms. The molecular weight excluding hydrogens is 288 g/mol. The van der Waals surface area contributed by atoms with Gasteiger partial charge in [0.25, 0.3) is 0 Å². The molecule has 1 atom stereocenters. The van der Waals surface area contributed by atoms with Gasteiger partial charge in [0.1, 0.15) is 5.75 Å². The molecule has 0 spiro atoms. The van der Waals surface area contributed by atoms with Crippen molar-refractivity contribution < 1.29 is 9.53 Å². The molecule has 1 unspecified atom stereocenters. The van der Waals surface area contributed by atoms with Crippen molar-refractivity contribution >= 4 is 16.8 Å². The first-order valence-corrected chi connectivity index (χ1v) is 8.34. The lowest BCUT2D eigenvalue weighted by atomic mass is 9.90. The van der Waals surface area contributed by atoms with Gasteiger partial charge in [-0.25, -0.2) is 0 Å². The van der Waals surface area contributed by atoms with Crippen LogP contribution in [0.3, 0.4) is 0 Å². The minimum Gasteiger partial charge on any atom is -0.497 e. The summed E-state index contributed by atoms with van der Waals surface area (Å²) in [5.41, 5.74) is 2.04. The predicted octanol–water partition coefficient (Wildman–Crippen LogP) is 3.93. The van der Waals surface area contributed by atoms with Crippen LogP contribution in [0.4, 0.5) is 0 Å². The Morgan fingerprint density at radius 1 is 1.30 bits per heavy atom. The van der Waals surface area contributed by atoms with E-state index in [1.54, 1.807) is 7.11 Å². The van der Waals surface area contributed by atoms with Gasteiger partial charge in [0.15, 0.2) is 0 Å². The number of carbonyl (C=O) groups excluding carboxylic acids is 1. The zero-order valence-electron chi connectivity index (χ0n) is 14.5. The van der Waals surface area contributed by atoms with Crippen molar-refractivity contribution in [2.24, 2.45) is 5.41 Å². The van der Waals surface area contributed by atoms with Gasteiger partial charge in [0.2, 0.25) is 5.91 Å². The van der Waals surface area contributed by atoms with Gasteiger partial charge in [-0.3, -0.25) is 4.79 Å². The number of benzene rings is 1. The lowest BCUT2D eigenvalue weighted by Crippen LogP contribution is -2.44. The minimum atomic E-state index is -0.310. The van der Waals surface area contributed by atoms with Gasteiger partial charge in [0.05, 0.1) is 7.11 Å². The Morgan fingerprint density at radius 2 is 2.09 bits per heavy atom. The fourth-order valence-electron chi connectivity index (χ4n) is 3.37. The number of amides is 1. The topological polar surface area (TPSA) is 45.3 Å². The summed E-state index contributed by atoms with van der Waals surface area (Å²) in [5.74, 6) is 1.50. The van der Waals surface area contributed by atoms with Gasteiger partial charge >= 0.3 is 0 Å². The zero-order chi connectivity index (χ0) is 16.6. The molecule has 3 rings (SSSR count). The van der Waals surface area contributed by atoms with Crippen molar-refractivity contribution in [2.45, 2.75) is 39.5 Å². The first kappa shape index (κ1) is 15.9. The van der Waals surface area contributed by atoms with E-state index in [2.05, 4.69) is 23.2 Å². The summed E-state index contributed by atoms with van der Waals surface area (Å²) < 4.78 is 5.30. The number of piperidine rings is 1. The molecular formula is C19H26N2O2. The number of aromatic amines is 1. The summed E-state index contributed by atoms with van der Waals surface area (Å²) in [6, 6.07) is 8.28. The molecule has 1 fully saturated rings. The maximum absolute atomic E-state index is 12.6. The third-order valence-corrected chi connectivity index (χ3v) is 4.64. The summed E-state index contributed by atoms with van der Waals surface area (Å²) in [7, 11) is 1.69. The summed E-state index contributed by atoms with van der Waals surface area (Å²) in [6.07, 6.45) is 2.18. The van der Waals surface area contributed by atoms with Crippen molar-refractivity contribution in [2.75, 3.05) is 20.2 Å². The Bertz CT molecular complexity index is 712. The van der Waals surface area contributed by atoms with E-state index in [4.69, 9.17) is 4.74 Å². The van der Waals surface area contributed by atoms with Crippen LogP contribution in [-0.2, 0) is 4.79 Å². The van der Waals surface area contributed by atoms with Crippen molar-refractivity contribution in [3.63, 3.8) is 0 Å². The Hall–Kier alpha value is -1.97. The van der Waals surface area contributed by atoms with Gasteiger partial charge < -0.3 is 14.6 Å². The van der Waals surface area contributed by atoms with Crippen LogP contribution in [-0.4, -0.2) is 36.0 Å². The molecule has 0 radical (unpaired) electrons. The molecule has 1 aliphatic rings. The highest BCUT2D eigenvalue weighted by Crippen LogP contribution is 2.32. The van der Waals surface area contributed by atoms with Gasteiger partial charge in [-0.2, -0.15) is 0 Å². The third kappa shape index (κ3) is 3.21. The lowest BCUT2D eigenvalue weighted by molar-refractivity contribution is -0.140. The molecule has 1 N–H and O–H groups in total. The van der Waals surface area contributed by atoms with Crippen LogP contribution in [0.2, 0.25) is 0 Å². The van der Waals surface area contributed by atoms with Crippen LogP contribution in [0.25, 0.3) is 10.9 Å². The Kier molecular flexibility index (Phi) is 4.09. The molecule has 1 amide bonds. The second-order valence-corrected chi connectivity index (χ2v) is 7.52. The average Bonchev–Trinajstić information content (AvgIpc) is 2.96. The summed E-state index contributed by atoms with van der Waals surface area (Å²) in [5, 5.41) is 1.17. The molecule has 2 aromatic rings. The fourth-order valence-corrected chi connectivity index (χ4v) is 3.37. The molecule has 1 aromatic heterocycles.